The lowest BCUT2D eigenvalue weighted by molar-refractivity contribution is -0.155. The largest absolute Gasteiger partial charge is 0.480 e. The van der Waals surface area contributed by atoms with Crippen LogP contribution in [0.5, 0.6) is 0 Å². The molecular weight excluding hydrogens is 454 g/mol. The third-order valence-electron chi connectivity index (χ3n) is 6.92. The number of urea groups is 1. The Balaban J connectivity index is 1.58. The highest BCUT2D eigenvalue weighted by Crippen LogP contribution is 2.35. The lowest BCUT2D eigenvalue weighted by atomic mass is 9.74. The molecule has 186 valence electrons. The minimum absolute atomic E-state index is 0.0707. The van der Waals surface area contributed by atoms with E-state index in [4.69, 9.17) is 0 Å². The highest BCUT2D eigenvalue weighted by atomic mass is 16.4. The molecule has 36 heavy (non-hydrogen) atoms. The summed E-state index contributed by atoms with van der Waals surface area (Å²) in [5.41, 5.74) is 1.48. The SMILES string of the molecule is CN(Cc1ccccc1)C(=O)N1CCN(C(=O)C(C)(c2ccccc2)c2ccccc2)[C@H](C(=O)O)C1. The van der Waals surface area contributed by atoms with Crippen molar-refractivity contribution in [2.75, 3.05) is 26.7 Å². The van der Waals surface area contributed by atoms with Gasteiger partial charge in [-0.3, -0.25) is 4.79 Å². The summed E-state index contributed by atoms with van der Waals surface area (Å²) in [7, 11) is 1.70. The number of aliphatic carboxylic acids is 1. The van der Waals surface area contributed by atoms with Gasteiger partial charge >= 0.3 is 12.0 Å². The number of piperazine rings is 1. The van der Waals surface area contributed by atoms with Crippen molar-refractivity contribution in [1.29, 1.82) is 0 Å². The van der Waals surface area contributed by atoms with E-state index in [1.807, 2.05) is 97.9 Å². The topological polar surface area (TPSA) is 81.2 Å². The van der Waals surface area contributed by atoms with Crippen molar-refractivity contribution in [1.82, 2.24) is 14.7 Å². The molecule has 1 saturated heterocycles. The summed E-state index contributed by atoms with van der Waals surface area (Å²) in [6.45, 7) is 2.57. The van der Waals surface area contributed by atoms with E-state index in [9.17, 15) is 19.5 Å². The Labute approximate surface area is 211 Å². The molecule has 0 spiro atoms. The maximum Gasteiger partial charge on any atom is 0.328 e. The van der Waals surface area contributed by atoms with Crippen LogP contribution in [0, 0.1) is 0 Å². The maximum absolute atomic E-state index is 14.1. The van der Waals surface area contributed by atoms with Gasteiger partial charge in [-0.1, -0.05) is 91.0 Å². The zero-order chi connectivity index (χ0) is 25.7. The second-order valence-corrected chi connectivity index (χ2v) is 9.28. The van der Waals surface area contributed by atoms with Gasteiger partial charge in [-0.25, -0.2) is 9.59 Å². The molecule has 0 bridgehead atoms. The molecule has 1 aliphatic rings. The van der Waals surface area contributed by atoms with Gasteiger partial charge in [-0.05, 0) is 23.6 Å². The molecular formula is C29H31N3O4. The number of carboxylic acid groups (broad SMARTS) is 1. The van der Waals surface area contributed by atoms with Crippen molar-refractivity contribution in [2.24, 2.45) is 0 Å². The van der Waals surface area contributed by atoms with Gasteiger partial charge in [-0.2, -0.15) is 0 Å². The molecule has 3 aromatic carbocycles. The van der Waals surface area contributed by atoms with E-state index in [0.29, 0.717) is 6.54 Å². The van der Waals surface area contributed by atoms with Crippen molar-refractivity contribution >= 4 is 17.9 Å². The summed E-state index contributed by atoms with van der Waals surface area (Å²) in [4.78, 5) is 44.1. The molecule has 0 saturated carbocycles. The van der Waals surface area contributed by atoms with E-state index >= 15 is 0 Å². The Hall–Kier alpha value is -4.13. The fourth-order valence-electron chi connectivity index (χ4n) is 4.82. The Morgan fingerprint density at radius 2 is 1.36 bits per heavy atom. The second kappa shape index (κ2) is 10.6. The first-order valence-electron chi connectivity index (χ1n) is 12.0. The highest BCUT2D eigenvalue weighted by Gasteiger charge is 2.46. The monoisotopic (exact) mass is 485 g/mol. The van der Waals surface area contributed by atoms with Crippen molar-refractivity contribution in [2.45, 2.75) is 24.9 Å². The minimum Gasteiger partial charge on any atom is -0.480 e. The van der Waals surface area contributed by atoms with Gasteiger partial charge < -0.3 is 19.8 Å². The van der Waals surface area contributed by atoms with E-state index in [0.717, 1.165) is 16.7 Å². The number of hydrogen-bond donors (Lipinski definition) is 1. The molecule has 0 aromatic heterocycles. The Morgan fingerprint density at radius 3 is 1.86 bits per heavy atom. The summed E-state index contributed by atoms with van der Waals surface area (Å²) in [5.74, 6) is -1.42. The average Bonchev–Trinajstić information content (AvgIpc) is 2.93. The molecule has 3 amide bonds. The van der Waals surface area contributed by atoms with E-state index in [1.54, 1.807) is 11.9 Å². The number of amides is 3. The van der Waals surface area contributed by atoms with E-state index in [1.165, 1.54) is 9.80 Å². The molecule has 4 rings (SSSR count). The third kappa shape index (κ3) is 4.96. The number of hydrogen-bond acceptors (Lipinski definition) is 3. The van der Waals surface area contributed by atoms with Gasteiger partial charge in [0.05, 0.1) is 12.0 Å². The predicted molar refractivity (Wildman–Crippen MR) is 137 cm³/mol. The first kappa shape index (κ1) is 25.0. The number of carboxylic acids is 1. The van der Waals surface area contributed by atoms with Crippen LogP contribution in [-0.2, 0) is 21.5 Å². The second-order valence-electron chi connectivity index (χ2n) is 9.28. The standard InChI is InChI=1S/C29H31N3O4/c1-29(23-14-8-4-9-15-23,24-16-10-5-11-17-24)27(35)32-19-18-31(21-25(32)26(33)34)28(36)30(2)20-22-12-6-3-7-13-22/h3-17,25H,18-21H2,1-2H3,(H,33,34)/t25-/m0/s1. The fraction of sp³-hybridized carbons (Fsp3) is 0.276. The number of carbonyl (C=O) groups excluding carboxylic acids is 2. The van der Waals surface area contributed by atoms with Crippen LogP contribution in [0.4, 0.5) is 4.79 Å². The number of rotatable bonds is 6. The molecule has 1 atom stereocenters. The fourth-order valence-corrected chi connectivity index (χ4v) is 4.82. The van der Waals surface area contributed by atoms with Gasteiger partial charge in [-0.15, -0.1) is 0 Å². The number of nitrogens with zero attached hydrogens (tertiary/aromatic N) is 3. The molecule has 0 aliphatic carbocycles. The van der Waals surface area contributed by atoms with Crippen LogP contribution in [0.25, 0.3) is 0 Å². The van der Waals surface area contributed by atoms with Gasteiger partial charge in [0.1, 0.15) is 6.04 Å². The molecule has 7 nitrogen and oxygen atoms in total. The maximum atomic E-state index is 14.1. The molecule has 3 aromatic rings. The first-order valence-corrected chi connectivity index (χ1v) is 12.0. The number of carbonyl (C=O) groups is 3. The van der Waals surface area contributed by atoms with Crippen molar-refractivity contribution in [3.05, 3.63) is 108 Å². The molecule has 1 heterocycles. The smallest absolute Gasteiger partial charge is 0.328 e. The van der Waals surface area contributed by atoms with Crippen LogP contribution in [-0.4, -0.2) is 70.4 Å². The Bertz CT molecular complexity index is 1160. The van der Waals surface area contributed by atoms with Crippen molar-refractivity contribution in [3.63, 3.8) is 0 Å². The molecule has 1 fully saturated rings. The lowest BCUT2D eigenvalue weighted by Crippen LogP contribution is -2.63. The van der Waals surface area contributed by atoms with Gasteiger partial charge in [0.15, 0.2) is 0 Å². The zero-order valence-corrected chi connectivity index (χ0v) is 20.6. The summed E-state index contributed by atoms with van der Waals surface area (Å²) in [6, 6.07) is 27.0. The van der Waals surface area contributed by atoms with Crippen LogP contribution < -0.4 is 0 Å². The molecule has 1 aliphatic heterocycles. The minimum atomic E-state index is -1.15. The summed E-state index contributed by atoms with van der Waals surface area (Å²) >= 11 is 0. The molecule has 0 unspecified atom stereocenters. The highest BCUT2D eigenvalue weighted by molar-refractivity contribution is 5.95. The normalized spacial score (nSPS) is 15.9. The molecule has 0 radical (unpaired) electrons. The van der Waals surface area contributed by atoms with Gasteiger partial charge in [0.25, 0.3) is 0 Å². The van der Waals surface area contributed by atoms with Gasteiger partial charge in [0.2, 0.25) is 5.91 Å². The summed E-state index contributed by atoms with van der Waals surface area (Å²) < 4.78 is 0. The van der Waals surface area contributed by atoms with Crippen molar-refractivity contribution in [3.8, 4) is 0 Å². The molecule has 1 N–H and O–H groups in total. The van der Waals surface area contributed by atoms with Gasteiger partial charge in [0, 0.05) is 26.7 Å². The van der Waals surface area contributed by atoms with Crippen LogP contribution in [0.3, 0.4) is 0 Å². The lowest BCUT2D eigenvalue weighted by Gasteiger charge is -2.44. The Kier molecular flexibility index (Phi) is 7.38. The zero-order valence-electron chi connectivity index (χ0n) is 20.6. The van der Waals surface area contributed by atoms with Crippen LogP contribution >= 0.6 is 0 Å². The van der Waals surface area contributed by atoms with Crippen molar-refractivity contribution < 1.29 is 19.5 Å². The average molecular weight is 486 g/mol. The third-order valence-corrected chi connectivity index (χ3v) is 6.92. The van der Waals surface area contributed by atoms with E-state index in [2.05, 4.69) is 0 Å². The Morgan fingerprint density at radius 1 is 0.861 bits per heavy atom. The van der Waals surface area contributed by atoms with E-state index < -0.39 is 17.4 Å². The summed E-state index contributed by atoms with van der Waals surface area (Å²) in [6.07, 6.45) is 0. The number of benzene rings is 3. The first-order chi connectivity index (χ1) is 17.3. The summed E-state index contributed by atoms with van der Waals surface area (Å²) in [5, 5.41) is 10.1. The van der Waals surface area contributed by atoms with E-state index in [-0.39, 0.29) is 31.6 Å². The van der Waals surface area contributed by atoms with Crippen LogP contribution in [0.2, 0.25) is 0 Å². The quantitative estimate of drug-likeness (QED) is 0.575. The van der Waals surface area contributed by atoms with Crippen LogP contribution in [0.15, 0.2) is 91.0 Å². The van der Waals surface area contributed by atoms with Crippen LogP contribution in [0.1, 0.15) is 23.6 Å². The predicted octanol–water partition coefficient (Wildman–Crippen LogP) is 3.84. The molecule has 7 heteroatoms.